The summed E-state index contributed by atoms with van der Waals surface area (Å²) in [5, 5.41) is 3.46. The van der Waals surface area contributed by atoms with E-state index in [-0.39, 0.29) is 5.82 Å². The van der Waals surface area contributed by atoms with Gasteiger partial charge in [0.15, 0.2) is 0 Å². The Balaban J connectivity index is 1.67. The highest BCUT2D eigenvalue weighted by Crippen LogP contribution is 2.30. The lowest BCUT2D eigenvalue weighted by atomic mass is 9.81. The van der Waals surface area contributed by atoms with Gasteiger partial charge in [0.1, 0.15) is 5.82 Å². The zero-order chi connectivity index (χ0) is 12.8. The van der Waals surface area contributed by atoms with Crippen molar-refractivity contribution in [2.75, 3.05) is 6.54 Å². The molecule has 0 radical (unpaired) electrons. The molecule has 1 aliphatic carbocycles. The van der Waals surface area contributed by atoms with Gasteiger partial charge < -0.3 is 5.32 Å². The second kappa shape index (κ2) is 6.89. The van der Waals surface area contributed by atoms with Crippen molar-refractivity contribution in [1.29, 1.82) is 0 Å². The van der Waals surface area contributed by atoms with E-state index >= 15 is 0 Å². The van der Waals surface area contributed by atoms with Crippen LogP contribution in [0.1, 0.15) is 44.6 Å². The molecule has 1 nitrogen and oxygen atoms in total. The molecule has 0 atom stereocenters. The van der Waals surface area contributed by atoms with Crippen molar-refractivity contribution in [2.24, 2.45) is 11.8 Å². The van der Waals surface area contributed by atoms with Crippen molar-refractivity contribution in [3.05, 3.63) is 35.6 Å². The molecule has 0 aliphatic heterocycles. The van der Waals surface area contributed by atoms with Crippen LogP contribution < -0.4 is 5.32 Å². The lowest BCUT2D eigenvalue weighted by Crippen LogP contribution is -2.26. The van der Waals surface area contributed by atoms with Gasteiger partial charge in [-0.15, -0.1) is 0 Å². The Morgan fingerprint density at radius 2 is 1.89 bits per heavy atom. The maximum absolute atomic E-state index is 13.0. The van der Waals surface area contributed by atoms with Crippen LogP contribution in [0.25, 0.3) is 0 Å². The fraction of sp³-hybridized carbons (Fsp3) is 0.625. The average molecular weight is 249 g/mol. The average Bonchev–Trinajstić information content (AvgIpc) is 2.40. The Morgan fingerprint density at radius 1 is 1.17 bits per heavy atom. The van der Waals surface area contributed by atoms with Crippen LogP contribution in [0.3, 0.4) is 0 Å². The van der Waals surface area contributed by atoms with Gasteiger partial charge in [0.05, 0.1) is 0 Å². The molecule has 0 amide bonds. The monoisotopic (exact) mass is 249 g/mol. The molecule has 18 heavy (non-hydrogen) atoms. The first-order chi connectivity index (χ1) is 8.78. The lowest BCUT2D eigenvalue weighted by molar-refractivity contribution is 0.262. The Labute approximate surface area is 110 Å². The standard InChI is InChI=1S/C16H24FN/c1-2-13-6-8-14(9-7-13)11-18-12-15-4-3-5-16(17)10-15/h3-5,10,13-14,18H,2,6-9,11-12H2,1H3. The van der Waals surface area contributed by atoms with Crippen molar-refractivity contribution < 1.29 is 4.39 Å². The highest BCUT2D eigenvalue weighted by molar-refractivity contribution is 5.15. The molecule has 100 valence electrons. The largest absolute Gasteiger partial charge is 0.312 e. The van der Waals surface area contributed by atoms with E-state index in [1.807, 2.05) is 6.07 Å². The Bertz CT molecular complexity index is 356. The van der Waals surface area contributed by atoms with Gasteiger partial charge in [-0.25, -0.2) is 4.39 Å². The minimum atomic E-state index is -0.141. The Morgan fingerprint density at radius 3 is 2.56 bits per heavy atom. The summed E-state index contributed by atoms with van der Waals surface area (Å²) in [5.41, 5.74) is 1.04. The number of hydrogen-bond acceptors (Lipinski definition) is 1. The molecule has 0 heterocycles. The van der Waals surface area contributed by atoms with Crippen molar-refractivity contribution in [1.82, 2.24) is 5.32 Å². The number of rotatable bonds is 5. The SMILES string of the molecule is CCC1CCC(CNCc2cccc(F)c2)CC1. The Hall–Kier alpha value is -0.890. The van der Waals surface area contributed by atoms with Crippen LogP contribution in [-0.2, 0) is 6.54 Å². The van der Waals surface area contributed by atoms with Crippen LogP contribution in [0, 0.1) is 17.7 Å². The quantitative estimate of drug-likeness (QED) is 0.827. The topological polar surface area (TPSA) is 12.0 Å². The summed E-state index contributed by atoms with van der Waals surface area (Å²) in [6.45, 7) is 4.16. The van der Waals surface area contributed by atoms with Gasteiger partial charge >= 0.3 is 0 Å². The van der Waals surface area contributed by atoms with Crippen LogP contribution in [0.2, 0.25) is 0 Å². The molecule has 1 aromatic carbocycles. The van der Waals surface area contributed by atoms with Gasteiger partial charge in [-0.2, -0.15) is 0 Å². The molecule has 0 unspecified atom stereocenters. The zero-order valence-electron chi connectivity index (χ0n) is 11.3. The summed E-state index contributed by atoms with van der Waals surface area (Å²) >= 11 is 0. The summed E-state index contributed by atoms with van der Waals surface area (Å²) in [7, 11) is 0. The fourth-order valence-electron chi connectivity index (χ4n) is 2.91. The molecule has 2 heteroatoms. The van der Waals surface area contributed by atoms with E-state index in [0.29, 0.717) is 0 Å². The molecular weight excluding hydrogens is 225 g/mol. The highest BCUT2D eigenvalue weighted by atomic mass is 19.1. The second-order valence-electron chi connectivity index (χ2n) is 5.56. The summed E-state index contributed by atoms with van der Waals surface area (Å²) in [6.07, 6.45) is 6.83. The number of nitrogens with one attached hydrogen (secondary N) is 1. The molecular formula is C16H24FN. The molecule has 1 N–H and O–H groups in total. The molecule has 0 aromatic heterocycles. The van der Waals surface area contributed by atoms with Crippen LogP contribution in [0.15, 0.2) is 24.3 Å². The summed E-state index contributed by atoms with van der Waals surface area (Å²) in [6, 6.07) is 6.86. The first-order valence-corrected chi connectivity index (χ1v) is 7.23. The van der Waals surface area contributed by atoms with E-state index in [1.165, 1.54) is 38.2 Å². The van der Waals surface area contributed by atoms with E-state index in [2.05, 4.69) is 12.2 Å². The van der Waals surface area contributed by atoms with Gasteiger partial charge in [0.25, 0.3) is 0 Å². The molecule has 1 aliphatic rings. The van der Waals surface area contributed by atoms with Gasteiger partial charge in [0.2, 0.25) is 0 Å². The molecule has 2 rings (SSSR count). The highest BCUT2D eigenvalue weighted by Gasteiger charge is 2.19. The zero-order valence-corrected chi connectivity index (χ0v) is 11.3. The van der Waals surface area contributed by atoms with Crippen molar-refractivity contribution >= 4 is 0 Å². The number of halogens is 1. The molecule has 1 fully saturated rings. The maximum Gasteiger partial charge on any atom is 0.123 e. The number of hydrogen-bond donors (Lipinski definition) is 1. The van der Waals surface area contributed by atoms with Gasteiger partial charge in [-0.05, 0) is 48.9 Å². The van der Waals surface area contributed by atoms with Crippen LogP contribution in [0.4, 0.5) is 4.39 Å². The van der Waals surface area contributed by atoms with Crippen molar-refractivity contribution in [3.63, 3.8) is 0 Å². The second-order valence-corrected chi connectivity index (χ2v) is 5.56. The third kappa shape index (κ3) is 4.09. The molecule has 0 spiro atoms. The molecule has 0 saturated heterocycles. The fourth-order valence-corrected chi connectivity index (χ4v) is 2.91. The van der Waals surface area contributed by atoms with E-state index in [9.17, 15) is 4.39 Å². The summed E-state index contributed by atoms with van der Waals surface area (Å²) in [5.74, 6) is 1.64. The first-order valence-electron chi connectivity index (χ1n) is 7.23. The van der Waals surface area contributed by atoms with Crippen LogP contribution >= 0.6 is 0 Å². The lowest BCUT2D eigenvalue weighted by Gasteiger charge is -2.27. The van der Waals surface area contributed by atoms with Crippen LogP contribution in [0.5, 0.6) is 0 Å². The summed E-state index contributed by atoms with van der Waals surface area (Å²) < 4.78 is 13.0. The first kappa shape index (κ1) is 13.5. The van der Waals surface area contributed by atoms with Gasteiger partial charge in [0, 0.05) is 6.54 Å². The predicted octanol–water partition coefficient (Wildman–Crippen LogP) is 4.13. The maximum atomic E-state index is 13.0. The van der Waals surface area contributed by atoms with Crippen molar-refractivity contribution in [2.45, 2.75) is 45.6 Å². The summed E-state index contributed by atoms with van der Waals surface area (Å²) in [4.78, 5) is 0. The van der Waals surface area contributed by atoms with E-state index in [4.69, 9.17) is 0 Å². The third-order valence-corrected chi connectivity index (χ3v) is 4.19. The Kier molecular flexibility index (Phi) is 5.18. The van der Waals surface area contributed by atoms with Gasteiger partial charge in [-0.1, -0.05) is 38.3 Å². The van der Waals surface area contributed by atoms with Gasteiger partial charge in [-0.3, -0.25) is 0 Å². The normalized spacial score (nSPS) is 24.1. The minimum absolute atomic E-state index is 0.141. The van der Waals surface area contributed by atoms with E-state index in [1.54, 1.807) is 12.1 Å². The van der Waals surface area contributed by atoms with E-state index in [0.717, 1.165) is 30.5 Å². The van der Waals surface area contributed by atoms with Crippen LogP contribution in [-0.4, -0.2) is 6.54 Å². The molecule has 0 bridgehead atoms. The third-order valence-electron chi connectivity index (χ3n) is 4.19. The van der Waals surface area contributed by atoms with E-state index < -0.39 is 0 Å². The minimum Gasteiger partial charge on any atom is -0.312 e. The predicted molar refractivity (Wildman–Crippen MR) is 73.8 cm³/mol. The van der Waals surface area contributed by atoms with Crippen molar-refractivity contribution in [3.8, 4) is 0 Å². The molecule has 1 saturated carbocycles. The number of benzene rings is 1. The smallest absolute Gasteiger partial charge is 0.123 e. The molecule has 1 aromatic rings.